The van der Waals surface area contributed by atoms with Crippen LogP contribution in [-0.4, -0.2) is 29.7 Å². The lowest BCUT2D eigenvalue weighted by Crippen LogP contribution is -2.42. The second-order valence-corrected chi connectivity index (χ2v) is 6.25. The molecule has 0 saturated heterocycles. The third-order valence-corrected chi connectivity index (χ3v) is 4.66. The van der Waals surface area contributed by atoms with Crippen molar-refractivity contribution in [1.82, 2.24) is 0 Å². The summed E-state index contributed by atoms with van der Waals surface area (Å²) in [6.07, 6.45) is 5.16. The number of fused-ring (bicyclic) bond motifs is 3. The minimum Gasteiger partial charge on any atom is -0.481 e. The van der Waals surface area contributed by atoms with Crippen LogP contribution >= 0.6 is 0 Å². The fraction of sp³-hybridized carbons (Fsp3) is 0.238. The Morgan fingerprint density at radius 2 is 1.65 bits per heavy atom. The van der Waals surface area contributed by atoms with E-state index in [1.165, 1.54) is 0 Å². The minimum absolute atomic E-state index is 0.0127. The highest BCUT2D eigenvalue weighted by atomic mass is 16.5. The smallest absolute Gasteiger partial charge is 0.322 e. The van der Waals surface area contributed by atoms with E-state index in [1.807, 2.05) is 48.5 Å². The van der Waals surface area contributed by atoms with Crippen molar-refractivity contribution in [3.63, 3.8) is 0 Å². The van der Waals surface area contributed by atoms with Crippen molar-refractivity contribution < 1.29 is 19.4 Å². The summed E-state index contributed by atoms with van der Waals surface area (Å²) in [4.78, 5) is 23.7. The first kappa shape index (κ1) is 17.7. The SMILES string of the molecule is C#CC[C@H](N)[C@H](C(=O)O)C(=O)OCC1c2ccccc2-c2ccccc21. The zero-order valence-electron chi connectivity index (χ0n) is 14.1. The molecule has 132 valence electrons. The number of terminal acetylenes is 1. The van der Waals surface area contributed by atoms with Crippen LogP contribution in [-0.2, 0) is 14.3 Å². The molecule has 1 aliphatic carbocycles. The van der Waals surface area contributed by atoms with Crippen molar-refractivity contribution in [2.24, 2.45) is 11.7 Å². The van der Waals surface area contributed by atoms with Gasteiger partial charge < -0.3 is 15.6 Å². The molecule has 0 radical (unpaired) electrons. The average molecular weight is 349 g/mol. The summed E-state index contributed by atoms with van der Waals surface area (Å²) < 4.78 is 5.36. The summed E-state index contributed by atoms with van der Waals surface area (Å²) in [6.45, 7) is 0.0550. The summed E-state index contributed by atoms with van der Waals surface area (Å²) in [6, 6.07) is 14.8. The second kappa shape index (κ2) is 7.42. The lowest BCUT2D eigenvalue weighted by molar-refractivity contribution is -0.159. The second-order valence-electron chi connectivity index (χ2n) is 6.25. The molecular formula is C21H19NO4. The van der Waals surface area contributed by atoms with E-state index in [9.17, 15) is 14.7 Å². The molecule has 1 aliphatic rings. The molecule has 5 nitrogen and oxygen atoms in total. The van der Waals surface area contributed by atoms with Gasteiger partial charge >= 0.3 is 11.9 Å². The highest BCUT2D eigenvalue weighted by molar-refractivity contribution is 5.95. The van der Waals surface area contributed by atoms with E-state index >= 15 is 0 Å². The van der Waals surface area contributed by atoms with Gasteiger partial charge in [0.2, 0.25) is 0 Å². The van der Waals surface area contributed by atoms with E-state index in [1.54, 1.807) is 0 Å². The largest absolute Gasteiger partial charge is 0.481 e. The Balaban J connectivity index is 1.80. The van der Waals surface area contributed by atoms with Gasteiger partial charge in [0.25, 0.3) is 0 Å². The Morgan fingerprint density at radius 1 is 1.12 bits per heavy atom. The fourth-order valence-electron chi connectivity index (χ4n) is 3.41. The topological polar surface area (TPSA) is 89.6 Å². The van der Waals surface area contributed by atoms with Gasteiger partial charge in [0.15, 0.2) is 5.92 Å². The molecule has 2 atom stereocenters. The van der Waals surface area contributed by atoms with Crippen molar-refractivity contribution in [1.29, 1.82) is 0 Å². The molecule has 5 heteroatoms. The molecule has 0 unspecified atom stereocenters. The summed E-state index contributed by atoms with van der Waals surface area (Å²) in [5.41, 5.74) is 10.1. The summed E-state index contributed by atoms with van der Waals surface area (Å²) in [7, 11) is 0. The van der Waals surface area contributed by atoms with Crippen LogP contribution in [0.4, 0.5) is 0 Å². The fourth-order valence-corrected chi connectivity index (χ4v) is 3.41. The van der Waals surface area contributed by atoms with Crippen LogP contribution < -0.4 is 5.73 Å². The molecule has 26 heavy (non-hydrogen) atoms. The third-order valence-electron chi connectivity index (χ3n) is 4.66. The van der Waals surface area contributed by atoms with Crippen molar-refractivity contribution in [3.05, 3.63) is 59.7 Å². The van der Waals surface area contributed by atoms with Gasteiger partial charge in [-0.05, 0) is 22.3 Å². The number of esters is 1. The zero-order chi connectivity index (χ0) is 18.7. The maximum atomic E-state index is 12.3. The van der Waals surface area contributed by atoms with E-state index in [-0.39, 0.29) is 18.9 Å². The highest BCUT2D eigenvalue weighted by Crippen LogP contribution is 2.44. The van der Waals surface area contributed by atoms with E-state index < -0.39 is 23.9 Å². The van der Waals surface area contributed by atoms with Crippen LogP contribution in [0.3, 0.4) is 0 Å². The molecular weight excluding hydrogens is 330 g/mol. The first-order chi connectivity index (χ1) is 12.5. The van der Waals surface area contributed by atoms with Gasteiger partial charge in [0.05, 0.1) is 0 Å². The molecule has 2 aromatic rings. The number of hydrogen-bond donors (Lipinski definition) is 2. The standard InChI is InChI=1S/C21H19NO4/c1-2-7-18(22)19(20(23)24)21(25)26-12-17-15-10-5-3-8-13(15)14-9-4-6-11-16(14)17/h1,3-6,8-11,17-19H,7,12,22H2,(H,23,24)/t18-,19+/m0/s1. The molecule has 2 aromatic carbocycles. The molecule has 3 rings (SSSR count). The van der Waals surface area contributed by atoms with Gasteiger partial charge in [-0.2, -0.15) is 0 Å². The van der Waals surface area contributed by atoms with E-state index in [4.69, 9.17) is 16.9 Å². The van der Waals surface area contributed by atoms with Crippen LogP contribution in [0.15, 0.2) is 48.5 Å². The highest BCUT2D eigenvalue weighted by Gasteiger charge is 2.35. The molecule has 3 N–H and O–H groups in total. The van der Waals surface area contributed by atoms with Gasteiger partial charge in [0.1, 0.15) is 6.61 Å². The molecule has 0 aromatic heterocycles. The first-order valence-corrected chi connectivity index (χ1v) is 8.31. The predicted molar refractivity (Wildman–Crippen MR) is 97.2 cm³/mol. The lowest BCUT2D eigenvalue weighted by Gasteiger charge is -2.19. The average Bonchev–Trinajstić information content (AvgIpc) is 2.94. The van der Waals surface area contributed by atoms with E-state index in [0.29, 0.717) is 0 Å². The molecule has 0 heterocycles. The number of carboxylic acid groups (broad SMARTS) is 1. The number of rotatable bonds is 6. The summed E-state index contributed by atoms with van der Waals surface area (Å²) in [5, 5.41) is 9.30. The molecule has 0 bridgehead atoms. The number of aliphatic carboxylic acids is 1. The third kappa shape index (κ3) is 3.19. The zero-order valence-corrected chi connectivity index (χ0v) is 14.1. The maximum Gasteiger partial charge on any atom is 0.322 e. The van der Waals surface area contributed by atoms with Crippen molar-refractivity contribution in [3.8, 4) is 23.5 Å². The maximum absolute atomic E-state index is 12.3. The van der Waals surface area contributed by atoms with Gasteiger partial charge in [-0.25, -0.2) is 0 Å². The molecule has 0 amide bonds. The predicted octanol–water partition coefficient (Wildman–Crippen LogP) is 2.39. The number of carbonyl (C=O) groups is 2. The summed E-state index contributed by atoms with van der Waals surface area (Å²) in [5.74, 6) is -1.51. The monoisotopic (exact) mass is 349 g/mol. The Bertz CT molecular complexity index is 838. The van der Waals surface area contributed by atoms with Crippen LogP contribution in [0.25, 0.3) is 11.1 Å². The number of carboxylic acids is 1. The van der Waals surface area contributed by atoms with Crippen molar-refractivity contribution in [2.75, 3.05) is 6.61 Å². The normalized spacial score (nSPS) is 14.6. The van der Waals surface area contributed by atoms with E-state index in [0.717, 1.165) is 22.3 Å². The Kier molecular flexibility index (Phi) is 5.06. The van der Waals surface area contributed by atoms with Crippen LogP contribution in [0, 0.1) is 18.3 Å². The lowest BCUT2D eigenvalue weighted by atomic mass is 9.97. The van der Waals surface area contributed by atoms with Crippen molar-refractivity contribution in [2.45, 2.75) is 18.4 Å². The number of benzene rings is 2. The van der Waals surface area contributed by atoms with Gasteiger partial charge in [-0.15, -0.1) is 12.3 Å². The molecule has 0 saturated carbocycles. The first-order valence-electron chi connectivity index (χ1n) is 8.31. The van der Waals surface area contributed by atoms with Gasteiger partial charge in [0, 0.05) is 18.4 Å². The van der Waals surface area contributed by atoms with Crippen LogP contribution in [0.2, 0.25) is 0 Å². The summed E-state index contributed by atoms with van der Waals surface area (Å²) >= 11 is 0. The van der Waals surface area contributed by atoms with Gasteiger partial charge in [-0.3, -0.25) is 9.59 Å². The Hall–Kier alpha value is -3.10. The van der Waals surface area contributed by atoms with Crippen LogP contribution in [0.5, 0.6) is 0 Å². The van der Waals surface area contributed by atoms with Gasteiger partial charge in [-0.1, -0.05) is 48.5 Å². The number of nitrogens with two attached hydrogens (primary N) is 1. The number of ether oxygens (including phenoxy) is 1. The minimum atomic E-state index is -1.47. The van der Waals surface area contributed by atoms with E-state index in [2.05, 4.69) is 5.92 Å². The number of hydrogen-bond acceptors (Lipinski definition) is 4. The molecule has 0 fully saturated rings. The molecule has 0 spiro atoms. The molecule has 0 aliphatic heterocycles. The Morgan fingerprint density at radius 3 is 2.15 bits per heavy atom. The number of carbonyl (C=O) groups excluding carboxylic acids is 1. The Labute approximate surface area is 151 Å². The van der Waals surface area contributed by atoms with Crippen LogP contribution in [0.1, 0.15) is 23.5 Å². The van der Waals surface area contributed by atoms with Crippen molar-refractivity contribution >= 4 is 11.9 Å². The quantitative estimate of drug-likeness (QED) is 0.475.